The predicted molar refractivity (Wildman–Crippen MR) is 95.8 cm³/mol. The van der Waals surface area contributed by atoms with E-state index in [2.05, 4.69) is 25.9 Å². The summed E-state index contributed by atoms with van der Waals surface area (Å²) in [5.74, 6) is 0.721. The van der Waals surface area contributed by atoms with Gasteiger partial charge >= 0.3 is 0 Å². The number of ether oxygens (including phenoxy) is 1. The molecule has 0 unspecified atom stereocenters. The van der Waals surface area contributed by atoms with Crippen molar-refractivity contribution >= 4 is 27.5 Å². The van der Waals surface area contributed by atoms with Gasteiger partial charge in [-0.15, -0.1) is 0 Å². The topological polar surface area (TPSA) is 37.9 Å². The highest BCUT2D eigenvalue weighted by molar-refractivity contribution is 9.10. The minimum atomic E-state index is -0.619. The van der Waals surface area contributed by atoms with Crippen molar-refractivity contribution in [3.8, 4) is 28.4 Å². The van der Waals surface area contributed by atoms with Crippen molar-refractivity contribution in [1.29, 1.82) is 0 Å². The van der Waals surface area contributed by atoms with Gasteiger partial charge in [0.15, 0.2) is 0 Å². The number of imidazole rings is 1. The van der Waals surface area contributed by atoms with Gasteiger partial charge in [0.2, 0.25) is 0 Å². The molecular formula is C18H13BrClFN2O. The van der Waals surface area contributed by atoms with Gasteiger partial charge in [0.1, 0.15) is 23.0 Å². The Hall–Kier alpha value is -1.85. The van der Waals surface area contributed by atoms with Crippen molar-refractivity contribution in [2.75, 3.05) is 0 Å². The summed E-state index contributed by atoms with van der Waals surface area (Å²) in [5, 5.41) is 0.316. The minimum absolute atomic E-state index is 0.267. The lowest BCUT2D eigenvalue weighted by molar-refractivity contribution is 0.101. The number of aromatic nitrogens is 2. The fourth-order valence-electron chi connectivity index (χ4n) is 2.95. The number of aromatic amines is 1. The van der Waals surface area contributed by atoms with Crippen LogP contribution in [0.15, 0.2) is 40.9 Å². The molecule has 0 atom stereocenters. The van der Waals surface area contributed by atoms with Crippen molar-refractivity contribution in [1.82, 2.24) is 9.97 Å². The number of fused-ring (bicyclic) bond motifs is 3. The van der Waals surface area contributed by atoms with Gasteiger partial charge in [0.25, 0.3) is 0 Å². The molecule has 0 bridgehead atoms. The molecule has 0 amide bonds. The van der Waals surface area contributed by atoms with Gasteiger partial charge in [0.05, 0.1) is 22.0 Å². The number of hydrogen-bond donors (Lipinski definition) is 1. The van der Waals surface area contributed by atoms with Crippen molar-refractivity contribution < 1.29 is 9.13 Å². The summed E-state index contributed by atoms with van der Waals surface area (Å²) in [6.45, 7) is 3.89. The third-order valence-electron chi connectivity index (χ3n) is 4.07. The molecular weight excluding hydrogens is 395 g/mol. The zero-order valence-electron chi connectivity index (χ0n) is 13.0. The quantitative estimate of drug-likeness (QED) is 0.543. The fourth-order valence-corrected chi connectivity index (χ4v) is 3.54. The smallest absolute Gasteiger partial charge is 0.145 e. The molecule has 0 fully saturated rings. The molecule has 1 aliphatic rings. The number of rotatable bonds is 1. The molecule has 4 rings (SSSR count). The third-order valence-corrected chi connectivity index (χ3v) is 4.88. The lowest BCUT2D eigenvalue weighted by Gasteiger charge is -2.31. The van der Waals surface area contributed by atoms with Crippen LogP contribution in [0.4, 0.5) is 4.39 Å². The van der Waals surface area contributed by atoms with E-state index < -0.39 is 11.4 Å². The molecule has 0 radical (unpaired) electrons. The Morgan fingerprint density at radius 3 is 2.79 bits per heavy atom. The zero-order chi connectivity index (χ0) is 17.1. The largest absolute Gasteiger partial charge is 0.481 e. The van der Waals surface area contributed by atoms with Gasteiger partial charge in [-0.2, -0.15) is 0 Å². The summed E-state index contributed by atoms with van der Waals surface area (Å²) in [6, 6.07) is 10.4. The van der Waals surface area contributed by atoms with Gasteiger partial charge in [-0.05, 0) is 44.2 Å². The van der Waals surface area contributed by atoms with E-state index in [4.69, 9.17) is 16.3 Å². The lowest BCUT2D eigenvalue weighted by atomic mass is 9.95. The van der Waals surface area contributed by atoms with Crippen LogP contribution in [-0.2, 0) is 5.60 Å². The average Bonchev–Trinajstić information content (AvgIpc) is 2.92. The van der Waals surface area contributed by atoms with Gasteiger partial charge in [-0.1, -0.05) is 33.6 Å². The summed E-state index contributed by atoms with van der Waals surface area (Å²) >= 11 is 9.64. The minimum Gasteiger partial charge on any atom is -0.481 e. The van der Waals surface area contributed by atoms with Gasteiger partial charge < -0.3 is 9.72 Å². The summed E-state index contributed by atoms with van der Waals surface area (Å²) in [7, 11) is 0. The fraction of sp³-hybridized carbons (Fsp3) is 0.167. The van der Waals surface area contributed by atoms with Gasteiger partial charge in [-0.25, -0.2) is 9.37 Å². The number of H-pyrrole nitrogens is 1. The van der Waals surface area contributed by atoms with Crippen molar-refractivity contribution in [3.63, 3.8) is 0 Å². The average molecular weight is 408 g/mol. The first-order valence-electron chi connectivity index (χ1n) is 7.40. The predicted octanol–water partition coefficient (Wildman–Crippen LogP) is 5.93. The Labute approximate surface area is 152 Å². The SMILES string of the molecule is CC1(C)Oc2cc(Br)ccc2-c2nc(-c3c(F)cccc3Cl)[nH]c21. The second kappa shape index (κ2) is 5.33. The van der Waals surface area contributed by atoms with Crippen molar-refractivity contribution in [2.45, 2.75) is 19.4 Å². The molecule has 2 aromatic carbocycles. The molecule has 1 aliphatic heterocycles. The van der Waals surface area contributed by atoms with Crippen LogP contribution < -0.4 is 4.74 Å². The highest BCUT2D eigenvalue weighted by atomic mass is 79.9. The van der Waals surface area contributed by atoms with E-state index in [9.17, 15) is 4.39 Å². The van der Waals surface area contributed by atoms with Crippen molar-refractivity contribution in [2.24, 2.45) is 0 Å². The summed E-state index contributed by atoms with van der Waals surface area (Å²) in [6.07, 6.45) is 0. The summed E-state index contributed by atoms with van der Waals surface area (Å²) in [5.41, 5.74) is 2.06. The Bertz CT molecular complexity index is 947. The molecule has 1 N–H and O–H groups in total. The molecule has 0 saturated carbocycles. The van der Waals surface area contributed by atoms with Crippen LogP contribution in [0.5, 0.6) is 5.75 Å². The Balaban J connectivity index is 1.97. The number of benzene rings is 2. The van der Waals surface area contributed by atoms with E-state index >= 15 is 0 Å². The van der Waals surface area contributed by atoms with E-state index in [0.29, 0.717) is 10.8 Å². The van der Waals surface area contributed by atoms with E-state index in [0.717, 1.165) is 27.2 Å². The van der Waals surface area contributed by atoms with Gasteiger partial charge in [-0.3, -0.25) is 0 Å². The zero-order valence-corrected chi connectivity index (χ0v) is 15.3. The molecule has 0 aliphatic carbocycles. The second-order valence-electron chi connectivity index (χ2n) is 6.16. The van der Waals surface area contributed by atoms with Gasteiger partial charge in [0, 0.05) is 10.0 Å². The molecule has 6 heteroatoms. The maximum atomic E-state index is 14.3. The number of hydrogen-bond acceptors (Lipinski definition) is 2. The Morgan fingerprint density at radius 1 is 1.25 bits per heavy atom. The monoisotopic (exact) mass is 406 g/mol. The van der Waals surface area contributed by atoms with E-state index in [-0.39, 0.29) is 5.56 Å². The lowest BCUT2D eigenvalue weighted by Crippen LogP contribution is -2.29. The van der Waals surface area contributed by atoms with Crippen LogP contribution in [0.25, 0.3) is 22.6 Å². The van der Waals surface area contributed by atoms with Crippen molar-refractivity contribution in [3.05, 3.63) is 57.4 Å². The highest BCUT2D eigenvalue weighted by Crippen LogP contribution is 2.46. The Morgan fingerprint density at radius 2 is 2.04 bits per heavy atom. The van der Waals surface area contributed by atoms with Crippen LogP contribution in [-0.4, -0.2) is 9.97 Å². The Kier molecular flexibility index (Phi) is 3.48. The standard InChI is InChI=1S/C18H13BrClFN2O/c1-18(2)16-15(10-7-6-9(19)8-13(10)24-18)22-17(23-16)14-11(20)4-3-5-12(14)21/h3-8H,1-2H3,(H,22,23). The molecule has 3 aromatic rings. The van der Waals surface area contributed by atoms with Crippen LogP contribution in [0.3, 0.4) is 0 Å². The maximum Gasteiger partial charge on any atom is 0.145 e. The summed E-state index contributed by atoms with van der Waals surface area (Å²) in [4.78, 5) is 7.84. The number of nitrogens with zero attached hydrogens (tertiary/aromatic N) is 1. The molecule has 24 heavy (non-hydrogen) atoms. The maximum absolute atomic E-state index is 14.3. The van der Waals surface area contributed by atoms with Crippen LogP contribution in [0.2, 0.25) is 5.02 Å². The normalized spacial score (nSPS) is 14.7. The molecule has 1 aromatic heterocycles. The third kappa shape index (κ3) is 2.34. The van der Waals surface area contributed by atoms with Crippen LogP contribution >= 0.6 is 27.5 Å². The van der Waals surface area contributed by atoms with Crippen LogP contribution in [0.1, 0.15) is 19.5 Å². The van der Waals surface area contributed by atoms with E-state index in [1.54, 1.807) is 12.1 Å². The second-order valence-corrected chi connectivity index (χ2v) is 7.48. The van der Waals surface area contributed by atoms with E-state index in [1.807, 2.05) is 32.0 Å². The molecule has 0 spiro atoms. The molecule has 122 valence electrons. The van der Waals surface area contributed by atoms with E-state index in [1.165, 1.54) is 6.07 Å². The molecule has 3 nitrogen and oxygen atoms in total. The molecule has 0 saturated heterocycles. The van der Waals surface area contributed by atoms with Crippen LogP contribution in [0, 0.1) is 5.82 Å². The number of nitrogens with one attached hydrogen (secondary N) is 1. The first kappa shape index (κ1) is 15.7. The first-order chi connectivity index (χ1) is 11.4. The first-order valence-corrected chi connectivity index (χ1v) is 8.58. The number of halogens is 3. The summed E-state index contributed by atoms with van der Waals surface area (Å²) < 4.78 is 21.3. The molecule has 2 heterocycles. The highest BCUT2D eigenvalue weighted by Gasteiger charge is 2.36.